The highest BCUT2D eigenvalue weighted by atomic mass is 127. The Labute approximate surface area is 126 Å². The molecule has 104 valence electrons. The first kappa shape index (κ1) is 13.3. The van der Waals surface area contributed by atoms with Gasteiger partial charge in [-0.2, -0.15) is 9.97 Å². The Hall–Kier alpha value is -0.670. The SMILES string of the molecule is COc1nc(I)cc(N2CCN3CCOCC3C2)n1. The predicted molar refractivity (Wildman–Crippen MR) is 79.7 cm³/mol. The summed E-state index contributed by atoms with van der Waals surface area (Å²) in [5.41, 5.74) is 0. The van der Waals surface area contributed by atoms with Gasteiger partial charge in [0.05, 0.1) is 26.4 Å². The molecule has 2 fully saturated rings. The lowest BCUT2D eigenvalue weighted by atomic mass is 10.1. The second kappa shape index (κ2) is 5.76. The van der Waals surface area contributed by atoms with Gasteiger partial charge in [-0.25, -0.2) is 0 Å². The molecular weight excluding hydrogens is 359 g/mol. The summed E-state index contributed by atoms with van der Waals surface area (Å²) in [5, 5.41) is 0. The Balaban J connectivity index is 1.77. The number of halogens is 1. The molecule has 0 amide bonds. The average molecular weight is 376 g/mol. The third-order valence-electron chi connectivity index (χ3n) is 3.61. The number of methoxy groups -OCH3 is 1. The number of nitrogens with zero attached hydrogens (tertiary/aromatic N) is 4. The van der Waals surface area contributed by atoms with E-state index in [0.717, 1.165) is 48.9 Å². The van der Waals surface area contributed by atoms with E-state index in [1.807, 2.05) is 6.07 Å². The minimum atomic E-state index is 0.434. The molecule has 3 heterocycles. The van der Waals surface area contributed by atoms with Gasteiger partial charge in [-0.15, -0.1) is 0 Å². The molecule has 7 heteroatoms. The van der Waals surface area contributed by atoms with E-state index in [9.17, 15) is 0 Å². The topological polar surface area (TPSA) is 50.7 Å². The summed E-state index contributed by atoms with van der Waals surface area (Å²) in [6, 6.07) is 2.91. The Bertz CT molecular complexity index is 459. The van der Waals surface area contributed by atoms with E-state index in [-0.39, 0.29) is 0 Å². The van der Waals surface area contributed by atoms with Crippen molar-refractivity contribution in [1.82, 2.24) is 14.9 Å². The molecule has 0 spiro atoms. The number of morpholine rings is 1. The molecule has 1 unspecified atom stereocenters. The highest BCUT2D eigenvalue weighted by Crippen LogP contribution is 2.22. The minimum absolute atomic E-state index is 0.434. The van der Waals surface area contributed by atoms with Gasteiger partial charge < -0.3 is 14.4 Å². The van der Waals surface area contributed by atoms with Crippen molar-refractivity contribution in [3.63, 3.8) is 0 Å². The molecule has 1 aromatic heterocycles. The highest BCUT2D eigenvalue weighted by molar-refractivity contribution is 14.1. The summed E-state index contributed by atoms with van der Waals surface area (Å²) >= 11 is 2.19. The van der Waals surface area contributed by atoms with Gasteiger partial charge in [-0.3, -0.25) is 4.90 Å². The van der Waals surface area contributed by atoms with Crippen molar-refractivity contribution in [2.24, 2.45) is 0 Å². The van der Waals surface area contributed by atoms with Crippen molar-refractivity contribution in [2.75, 3.05) is 51.4 Å². The van der Waals surface area contributed by atoms with Crippen LogP contribution in [-0.2, 0) is 4.74 Å². The lowest BCUT2D eigenvalue weighted by molar-refractivity contribution is -0.0118. The van der Waals surface area contributed by atoms with E-state index in [4.69, 9.17) is 9.47 Å². The molecule has 3 rings (SSSR count). The highest BCUT2D eigenvalue weighted by Gasteiger charge is 2.30. The van der Waals surface area contributed by atoms with Gasteiger partial charge in [0, 0.05) is 32.2 Å². The first-order chi connectivity index (χ1) is 9.26. The summed E-state index contributed by atoms with van der Waals surface area (Å²) in [5.74, 6) is 0.946. The van der Waals surface area contributed by atoms with Crippen molar-refractivity contribution < 1.29 is 9.47 Å². The molecule has 0 radical (unpaired) electrons. The fraction of sp³-hybridized carbons (Fsp3) is 0.667. The lowest BCUT2D eigenvalue weighted by Crippen LogP contribution is -2.58. The third kappa shape index (κ3) is 2.92. The van der Waals surface area contributed by atoms with Crippen LogP contribution < -0.4 is 9.64 Å². The molecule has 2 aliphatic heterocycles. The zero-order chi connectivity index (χ0) is 13.2. The standard InChI is InChI=1S/C12H17IN4O2/c1-18-12-14-10(13)6-11(15-12)17-3-2-16-4-5-19-8-9(16)7-17/h6,9H,2-5,7-8H2,1H3. The lowest BCUT2D eigenvalue weighted by Gasteiger charge is -2.44. The van der Waals surface area contributed by atoms with Gasteiger partial charge in [0.1, 0.15) is 9.52 Å². The fourth-order valence-electron chi connectivity index (χ4n) is 2.59. The number of rotatable bonds is 2. The van der Waals surface area contributed by atoms with E-state index >= 15 is 0 Å². The maximum absolute atomic E-state index is 5.56. The summed E-state index contributed by atoms with van der Waals surface area (Å²) < 4.78 is 11.6. The second-order valence-corrected chi connectivity index (χ2v) is 5.85. The first-order valence-electron chi connectivity index (χ1n) is 6.41. The molecule has 2 saturated heterocycles. The molecule has 0 aliphatic carbocycles. The van der Waals surface area contributed by atoms with Gasteiger partial charge in [0.2, 0.25) is 0 Å². The quantitative estimate of drug-likeness (QED) is 0.557. The van der Waals surface area contributed by atoms with E-state index in [2.05, 4.69) is 42.4 Å². The Morgan fingerprint density at radius 3 is 3.11 bits per heavy atom. The third-order valence-corrected chi connectivity index (χ3v) is 4.16. The summed E-state index contributed by atoms with van der Waals surface area (Å²) in [4.78, 5) is 13.5. The van der Waals surface area contributed by atoms with Gasteiger partial charge in [0.25, 0.3) is 0 Å². The average Bonchev–Trinajstić information content (AvgIpc) is 2.46. The summed E-state index contributed by atoms with van der Waals surface area (Å²) in [6.07, 6.45) is 0. The van der Waals surface area contributed by atoms with Crippen LogP contribution in [0.15, 0.2) is 6.07 Å². The molecule has 0 bridgehead atoms. The summed E-state index contributed by atoms with van der Waals surface area (Å²) in [7, 11) is 1.60. The monoisotopic (exact) mass is 376 g/mol. The first-order valence-corrected chi connectivity index (χ1v) is 7.49. The Morgan fingerprint density at radius 1 is 1.37 bits per heavy atom. The van der Waals surface area contributed by atoms with Crippen molar-refractivity contribution >= 4 is 28.4 Å². The van der Waals surface area contributed by atoms with Crippen LogP contribution in [0.5, 0.6) is 6.01 Å². The number of ether oxygens (including phenoxy) is 2. The molecule has 0 N–H and O–H groups in total. The maximum Gasteiger partial charge on any atom is 0.319 e. The van der Waals surface area contributed by atoms with Crippen molar-refractivity contribution in [3.8, 4) is 6.01 Å². The molecule has 2 aliphatic rings. The van der Waals surface area contributed by atoms with E-state index in [1.54, 1.807) is 7.11 Å². The van der Waals surface area contributed by atoms with Crippen molar-refractivity contribution in [1.29, 1.82) is 0 Å². The zero-order valence-electron chi connectivity index (χ0n) is 10.9. The van der Waals surface area contributed by atoms with Crippen LogP contribution in [0.1, 0.15) is 0 Å². The second-order valence-electron chi connectivity index (χ2n) is 4.75. The normalized spacial score (nSPS) is 24.1. The van der Waals surface area contributed by atoms with Crippen LogP contribution >= 0.6 is 22.6 Å². The van der Waals surface area contributed by atoms with E-state index in [1.165, 1.54) is 0 Å². The van der Waals surface area contributed by atoms with Crippen LogP contribution in [0.2, 0.25) is 0 Å². The smallest absolute Gasteiger partial charge is 0.319 e. The largest absolute Gasteiger partial charge is 0.467 e. The van der Waals surface area contributed by atoms with Gasteiger partial charge in [-0.1, -0.05) is 0 Å². The molecule has 0 aromatic carbocycles. The van der Waals surface area contributed by atoms with Crippen LogP contribution in [0.4, 0.5) is 5.82 Å². The van der Waals surface area contributed by atoms with Crippen LogP contribution in [0, 0.1) is 3.70 Å². The number of hydrogen-bond donors (Lipinski definition) is 0. The molecular formula is C12H17IN4O2. The number of anilines is 1. The number of aromatic nitrogens is 2. The molecule has 6 nitrogen and oxygen atoms in total. The van der Waals surface area contributed by atoms with Crippen LogP contribution in [0.25, 0.3) is 0 Å². The Morgan fingerprint density at radius 2 is 2.26 bits per heavy atom. The summed E-state index contributed by atoms with van der Waals surface area (Å²) in [6.45, 7) is 5.73. The number of fused-ring (bicyclic) bond motifs is 1. The van der Waals surface area contributed by atoms with Crippen LogP contribution in [-0.4, -0.2) is 67.4 Å². The van der Waals surface area contributed by atoms with Crippen LogP contribution in [0.3, 0.4) is 0 Å². The van der Waals surface area contributed by atoms with Crippen molar-refractivity contribution in [2.45, 2.75) is 6.04 Å². The molecule has 0 saturated carbocycles. The zero-order valence-corrected chi connectivity index (χ0v) is 13.0. The maximum atomic E-state index is 5.56. The van der Waals surface area contributed by atoms with E-state index in [0.29, 0.717) is 12.1 Å². The molecule has 19 heavy (non-hydrogen) atoms. The molecule has 1 atom stereocenters. The predicted octanol–water partition coefficient (Wildman–Crippen LogP) is 0.611. The van der Waals surface area contributed by atoms with Gasteiger partial charge in [-0.05, 0) is 22.6 Å². The molecule has 1 aromatic rings. The number of piperazine rings is 1. The Kier molecular flexibility index (Phi) is 4.04. The van der Waals surface area contributed by atoms with Crippen molar-refractivity contribution in [3.05, 3.63) is 9.77 Å². The van der Waals surface area contributed by atoms with Gasteiger partial charge in [0.15, 0.2) is 0 Å². The van der Waals surface area contributed by atoms with E-state index < -0.39 is 0 Å². The number of hydrogen-bond acceptors (Lipinski definition) is 6. The fourth-order valence-corrected chi connectivity index (χ4v) is 3.08. The van der Waals surface area contributed by atoms with Gasteiger partial charge >= 0.3 is 6.01 Å². The minimum Gasteiger partial charge on any atom is -0.467 e.